The van der Waals surface area contributed by atoms with E-state index in [9.17, 15) is 0 Å². The standard InChI is InChI=1S/C16H18BrN3O/c1-20(2)16-6-4-12(10-18-16)19-14-7-8-21-15-5-3-11(17)9-13(14)15/h3-6,9-10,14,19H,7-8H2,1-2H3. The number of hydrogen-bond donors (Lipinski definition) is 1. The molecule has 4 nitrogen and oxygen atoms in total. The van der Waals surface area contributed by atoms with E-state index in [1.165, 1.54) is 5.56 Å². The number of hydrogen-bond acceptors (Lipinski definition) is 4. The fraction of sp³-hybridized carbons (Fsp3) is 0.312. The van der Waals surface area contributed by atoms with Gasteiger partial charge in [-0.1, -0.05) is 15.9 Å². The summed E-state index contributed by atoms with van der Waals surface area (Å²) in [5.74, 6) is 1.91. The Morgan fingerprint density at radius 2 is 2.14 bits per heavy atom. The maximum atomic E-state index is 5.71. The number of rotatable bonds is 3. The maximum Gasteiger partial charge on any atom is 0.128 e. The molecule has 1 atom stereocenters. The predicted molar refractivity (Wildman–Crippen MR) is 89.2 cm³/mol. The Morgan fingerprint density at radius 3 is 2.86 bits per heavy atom. The van der Waals surface area contributed by atoms with Gasteiger partial charge in [0.2, 0.25) is 0 Å². The fourth-order valence-corrected chi connectivity index (χ4v) is 2.83. The molecule has 0 amide bonds. The van der Waals surface area contributed by atoms with Crippen LogP contribution >= 0.6 is 15.9 Å². The number of fused-ring (bicyclic) bond motifs is 1. The van der Waals surface area contributed by atoms with E-state index in [0.717, 1.165) is 34.8 Å². The van der Waals surface area contributed by atoms with Crippen LogP contribution in [0.4, 0.5) is 11.5 Å². The largest absolute Gasteiger partial charge is 0.493 e. The van der Waals surface area contributed by atoms with Gasteiger partial charge in [-0.25, -0.2) is 4.98 Å². The molecule has 2 heterocycles. The van der Waals surface area contributed by atoms with Crippen molar-refractivity contribution in [2.75, 3.05) is 30.9 Å². The van der Waals surface area contributed by atoms with Crippen LogP contribution in [-0.2, 0) is 0 Å². The summed E-state index contributed by atoms with van der Waals surface area (Å²) in [6, 6.07) is 10.5. The van der Waals surface area contributed by atoms with Gasteiger partial charge in [0, 0.05) is 30.6 Å². The lowest BCUT2D eigenvalue weighted by Gasteiger charge is -2.27. The molecule has 1 aromatic heterocycles. The van der Waals surface area contributed by atoms with Crippen molar-refractivity contribution in [3.05, 3.63) is 46.6 Å². The number of nitrogens with one attached hydrogen (secondary N) is 1. The van der Waals surface area contributed by atoms with Crippen LogP contribution < -0.4 is 15.0 Å². The summed E-state index contributed by atoms with van der Waals surface area (Å²) in [5, 5.41) is 3.55. The molecule has 110 valence electrons. The first-order valence-electron chi connectivity index (χ1n) is 6.95. The van der Waals surface area contributed by atoms with E-state index in [1.54, 1.807) is 0 Å². The van der Waals surface area contributed by atoms with Crippen LogP contribution in [0.3, 0.4) is 0 Å². The van der Waals surface area contributed by atoms with Gasteiger partial charge in [-0.15, -0.1) is 0 Å². The van der Waals surface area contributed by atoms with Crippen molar-refractivity contribution in [1.29, 1.82) is 0 Å². The monoisotopic (exact) mass is 347 g/mol. The van der Waals surface area contributed by atoms with Gasteiger partial charge in [0.05, 0.1) is 24.5 Å². The summed E-state index contributed by atoms with van der Waals surface area (Å²) in [7, 11) is 3.98. The van der Waals surface area contributed by atoms with Gasteiger partial charge in [0.1, 0.15) is 11.6 Å². The van der Waals surface area contributed by atoms with Crippen LogP contribution in [0.1, 0.15) is 18.0 Å². The lowest BCUT2D eigenvalue weighted by atomic mass is 10.0. The first-order valence-corrected chi connectivity index (χ1v) is 7.75. The van der Waals surface area contributed by atoms with Crippen molar-refractivity contribution in [2.45, 2.75) is 12.5 Å². The number of ether oxygens (including phenoxy) is 1. The number of aromatic nitrogens is 1. The number of pyridine rings is 1. The second-order valence-corrected chi connectivity index (χ2v) is 6.23. The van der Waals surface area contributed by atoms with Crippen molar-refractivity contribution in [1.82, 2.24) is 4.98 Å². The molecule has 0 aliphatic carbocycles. The Kier molecular flexibility index (Phi) is 4.01. The molecule has 0 bridgehead atoms. The quantitative estimate of drug-likeness (QED) is 0.914. The Bertz CT molecular complexity index is 628. The molecule has 0 saturated heterocycles. The number of halogens is 1. The van der Waals surface area contributed by atoms with E-state index >= 15 is 0 Å². The smallest absolute Gasteiger partial charge is 0.128 e. The third kappa shape index (κ3) is 3.13. The molecular weight excluding hydrogens is 330 g/mol. The van der Waals surface area contributed by atoms with Crippen LogP contribution in [0.25, 0.3) is 0 Å². The zero-order valence-corrected chi connectivity index (χ0v) is 13.7. The molecule has 0 saturated carbocycles. The van der Waals surface area contributed by atoms with Gasteiger partial charge in [-0.3, -0.25) is 0 Å². The van der Waals surface area contributed by atoms with E-state index in [4.69, 9.17) is 4.74 Å². The zero-order chi connectivity index (χ0) is 14.8. The van der Waals surface area contributed by atoms with E-state index in [2.05, 4.69) is 38.4 Å². The number of anilines is 2. The van der Waals surface area contributed by atoms with Crippen LogP contribution in [0.15, 0.2) is 41.0 Å². The fourth-order valence-electron chi connectivity index (χ4n) is 2.45. The lowest BCUT2D eigenvalue weighted by molar-refractivity contribution is 0.274. The third-order valence-electron chi connectivity index (χ3n) is 3.56. The molecule has 3 rings (SSSR count). The minimum atomic E-state index is 0.248. The zero-order valence-electron chi connectivity index (χ0n) is 12.1. The first kappa shape index (κ1) is 14.2. The second-order valence-electron chi connectivity index (χ2n) is 5.32. The molecule has 1 aliphatic rings. The van der Waals surface area contributed by atoms with E-state index in [1.807, 2.05) is 43.4 Å². The summed E-state index contributed by atoms with van der Waals surface area (Å²) < 4.78 is 6.78. The molecule has 1 aromatic carbocycles. The summed E-state index contributed by atoms with van der Waals surface area (Å²) >= 11 is 3.53. The summed E-state index contributed by atoms with van der Waals surface area (Å²) in [6.45, 7) is 0.732. The van der Waals surface area contributed by atoms with Gasteiger partial charge >= 0.3 is 0 Å². The van der Waals surface area contributed by atoms with Crippen molar-refractivity contribution in [2.24, 2.45) is 0 Å². The second kappa shape index (κ2) is 5.93. The van der Waals surface area contributed by atoms with Crippen LogP contribution in [-0.4, -0.2) is 25.7 Å². The number of nitrogens with zero attached hydrogens (tertiary/aromatic N) is 2. The molecule has 1 aliphatic heterocycles. The average Bonchev–Trinajstić information content (AvgIpc) is 2.48. The summed E-state index contributed by atoms with van der Waals surface area (Å²) in [4.78, 5) is 6.43. The minimum absolute atomic E-state index is 0.248. The molecule has 0 spiro atoms. The van der Waals surface area contributed by atoms with Gasteiger partial charge in [0.15, 0.2) is 0 Å². The topological polar surface area (TPSA) is 37.4 Å². The highest BCUT2D eigenvalue weighted by atomic mass is 79.9. The van der Waals surface area contributed by atoms with Gasteiger partial charge < -0.3 is 15.0 Å². The highest BCUT2D eigenvalue weighted by molar-refractivity contribution is 9.10. The summed E-state index contributed by atoms with van der Waals surface area (Å²) in [5.41, 5.74) is 2.21. The molecule has 2 aromatic rings. The van der Waals surface area contributed by atoms with Crippen molar-refractivity contribution in [3.8, 4) is 5.75 Å². The molecule has 0 fully saturated rings. The Hall–Kier alpha value is -1.75. The number of benzene rings is 1. The van der Waals surface area contributed by atoms with Gasteiger partial charge in [-0.2, -0.15) is 0 Å². The Balaban J connectivity index is 1.81. The van der Waals surface area contributed by atoms with Crippen molar-refractivity contribution in [3.63, 3.8) is 0 Å². The van der Waals surface area contributed by atoms with Crippen molar-refractivity contribution >= 4 is 27.4 Å². The van der Waals surface area contributed by atoms with E-state index in [0.29, 0.717) is 0 Å². The molecular formula is C16H18BrN3O. The van der Waals surface area contributed by atoms with Gasteiger partial charge in [-0.05, 0) is 30.3 Å². The van der Waals surface area contributed by atoms with Crippen LogP contribution in [0.2, 0.25) is 0 Å². The van der Waals surface area contributed by atoms with E-state index < -0.39 is 0 Å². The van der Waals surface area contributed by atoms with Crippen molar-refractivity contribution < 1.29 is 4.74 Å². The van der Waals surface area contributed by atoms with Gasteiger partial charge in [0.25, 0.3) is 0 Å². The first-order chi connectivity index (χ1) is 10.1. The van der Waals surface area contributed by atoms with E-state index in [-0.39, 0.29) is 6.04 Å². The molecule has 1 unspecified atom stereocenters. The Labute approximate surface area is 133 Å². The maximum absolute atomic E-state index is 5.71. The molecule has 0 radical (unpaired) electrons. The lowest BCUT2D eigenvalue weighted by Crippen LogP contribution is -2.20. The predicted octanol–water partition coefficient (Wildman–Crippen LogP) is 3.85. The summed E-state index contributed by atoms with van der Waals surface area (Å²) in [6.07, 6.45) is 2.82. The molecule has 1 N–H and O–H groups in total. The normalized spacial score (nSPS) is 16.8. The SMILES string of the molecule is CN(C)c1ccc(NC2CCOc3ccc(Br)cc32)cn1. The van der Waals surface area contributed by atoms with Crippen LogP contribution in [0.5, 0.6) is 5.75 Å². The van der Waals surface area contributed by atoms with Crippen LogP contribution in [0, 0.1) is 0 Å². The third-order valence-corrected chi connectivity index (χ3v) is 4.05. The Morgan fingerprint density at radius 1 is 1.29 bits per heavy atom. The molecule has 5 heteroatoms. The minimum Gasteiger partial charge on any atom is -0.493 e. The highest BCUT2D eigenvalue weighted by Crippen LogP contribution is 2.36. The molecule has 21 heavy (non-hydrogen) atoms. The average molecular weight is 348 g/mol. The highest BCUT2D eigenvalue weighted by Gasteiger charge is 2.21.